The smallest absolute Gasteiger partial charge is 0.185 e. The molecule has 0 bridgehead atoms. The Balaban J connectivity index is 0. The lowest BCUT2D eigenvalue weighted by Gasteiger charge is -1.92. The molecule has 0 heterocycles. The first kappa shape index (κ1) is 15.5. The summed E-state index contributed by atoms with van der Waals surface area (Å²) in [5.74, 6) is 0.0394. The Bertz CT molecular complexity index is 239. The van der Waals surface area contributed by atoms with Crippen molar-refractivity contribution in [3.8, 4) is 0 Å². The molecule has 0 aromatic heterocycles. The van der Waals surface area contributed by atoms with Crippen molar-refractivity contribution in [2.24, 2.45) is 5.73 Å². The molecular weight excluding hydrogens is 221 g/mol. The summed E-state index contributed by atoms with van der Waals surface area (Å²) in [6.07, 6.45) is 0. The van der Waals surface area contributed by atoms with Crippen LogP contribution in [0.2, 0.25) is 5.02 Å². The van der Waals surface area contributed by atoms with E-state index >= 15 is 0 Å². The summed E-state index contributed by atoms with van der Waals surface area (Å²) in [7, 11) is 0. The monoisotopic (exact) mass is 235 g/mol. The normalized spacial score (nSPS) is 7.57. The van der Waals surface area contributed by atoms with Gasteiger partial charge in [0.2, 0.25) is 0 Å². The number of nitrogens with two attached hydrogens (primary N) is 1. The fourth-order valence-corrected chi connectivity index (χ4v) is 0.751. The molecule has 0 atom stereocenters. The zero-order chi connectivity index (χ0) is 10.1. The fourth-order valence-electron chi connectivity index (χ4n) is 0.605. The predicted octanol–water partition coefficient (Wildman–Crippen LogP) is 2.25. The van der Waals surface area contributed by atoms with Crippen molar-refractivity contribution in [2.75, 3.05) is 6.54 Å². The van der Waals surface area contributed by atoms with E-state index in [2.05, 4.69) is 5.32 Å². The standard InChI is InChI=1S/C6H5Cl.C3H9N3.ClH/c7-6-4-2-1-3-5-6;1-2-6-3(4)5;/h1-5H;2H2,1H3,(H4,4,5,6);1H. The van der Waals surface area contributed by atoms with Crippen LogP contribution in [0.3, 0.4) is 0 Å². The highest BCUT2D eigenvalue weighted by Gasteiger charge is 1.75. The second-order valence-corrected chi connectivity index (χ2v) is 2.68. The number of hydrogen-bond donors (Lipinski definition) is 3. The highest BCUT2D eigenvalue weighted by Crippen LogP contribution is 2.03. The number of guanidine groups is 1. The van der Waals surface area contributed by atoms with Gasteiger partial charge in [0.25, 0.3) is 0 Å². The van der Waals surface area contributed by atoms with Gasteiger partial charge in [-0.05, 0) is 19.1 Å². The lowest BCUT2D eigenvalue weighted by atomic mass is 10.4. The van der Waals surface area contributed by atoms with E-state index in [4.69, 9.17) is 22.7 Å². The number of hydrogen-bond acceptors (Lipinski definition) is 1. The van der Waals surface area contributed by atoms with Gasteiger partial charge in [-0.2, -0.15) is 0 Å². The highest BCUT2D eigenvalue weighted by molar-refractivity contribution is 6.30. The zero-order valence-electron chi connectivity index (χ0n) is 7.96. The molecular formula is C9H15Cl2N3. The molecule has 0 saturated carbocycles. The average Bonchev–Trinajstić information content (AvgIpc) is 2.06. The molecule has 0 aliphatic rings. The maximum absolute atomic E-state index is 6.56. The largest absolute Gasteiger partial charge is 0.370 e. The van der Waals surface area contributed by atoms with Gasteiger partial charge in [0.05, 0.1) is 0 Å². The Kier molecular flexibility index (Phi) is 11.3. The van der Waals surface area contributed by atoms with Gasteiger partial charge < -0.3 is 11.1 Å². The van der Waals surface area contributed by atoms with Crippen molar-refractivity contribution < 1.29 is 0 Å². The molecule has 0 radical (unpaired) electrons. The third kappa shape index (κ3) is 11.1. The van der Waals surface area contributed by atoms with E-state index in [1.807, 2.05) is 37.3 Å². The third-order valence-corrected chi connectivity index (χ3v) is 1.35. The Morgan fingerprint density at radius 3 is 2.07 bits per heavy atom. The molecule has 0 spiro atoms. The molecule has 0 fully saturated rings. The van der Waals surface area contributed by atoms with Crippen molar-refractivity contribution in [3.05, 3.63) is 35.4 Å². The topological polar surface area (TPSA) is 61.9 Å². The third-order valence-electron chi connectivity index (χ3n) is 1.10. The number of rotatable bonds is 1. The maximum atomic E-state index is 6.56. The van der Waals surface area contributed by atoms with E-state index in [0.717, 1.165) is 11.6 Å². The summed E-state index contributed by atoms with van der Waals surface area (Å²) in [6.45, 7) is 2.62. The Labute approximate surface area is 95.6 Å². The van der Waals surface area contributed by atoms with Crippen LogP contribution in [0.1, 0.15) is 6.92 Å². The van der Waals surface area contributed by atoms with E-state index in [-0.39, 0.29) is 18.4 Å². The molecule has 4 N–H and O–H groups in total. The van der Waals surface area contributed by atoms with Crippen molar-refractivity contribution >= 4 is 30.0 Å². The van der Waals surface area contributed by atoms with Crippen LogP contribution in [0.5, 0.6) is 0 Å². The van der Waals surface area contributed by atoms with Crippen LogP contribution in [0, 0.1) is 5.41 Å². The van der Waals surface area contributed by atoms with Crippen molar-refractivity contribution in [2.45, 2.75) is 6.92 Å². The number of benzene rings is 1. The second kappa shape index (κ2) is 10.2. The number of halogens is 2. The number of nitrogens with one attached hydrogen (secondary N) is 2. The van der Waals surface area contributed by atoms with Gasteiger partial charge >= 0.3 is 0 Å². The molecule has 1 aromatic carbocycles. The zero-order valence-corrected chi connectivity index (χ0v) is 9.53. The molecule has 0 amide bonds. The van der Waals surface area contributed by atoms with Crippen LogP contribution < -0.4 is 11.1 Å². The molecule has 0 aliphatic carbocycles. The van der Waals surface area contributed by atoms with Gasteiger partial charge in [-0.15, -0.1) is 12.4 Å². The minimum atomic E-state index is 0. The summed E-state index contributed by atoms with van der Waals surface area (Å²) in [5, 5.41) is 9.92. The molecule has 80 valence electrons. The van der Waals surface area contributed by atoms with E-state index in [0.29, 0.717) is 0 Å². The molecule has 5 heteroatoms. The van der Waals surface area contributed by atoms with Crippen LogP contribution in [-0.4, -0.2) is 12.5 Å². The quantitative estimate of drug-likeness (QED) is 0.517. The van der Waals surface area contributed by atoms with Crippen molar-refractivity contribution in [1.29, 1.82) is 5.41 Å². The SMILES string of the molecule is CCNC(=N)N.Cl.Clc1ccccc1. The Morgan fingerprint density at radius 2 is 1.93 bits per heavy atom. The first-order chi connectivity index (χ1) is 6.16. The van der Waals surface area contributed by atoms with Crippen molar-refractivity contribution in [1.82, 2.24) is 5.32 Å². The minimum absolute atomic E-state index is 0. The van der Waals surface area contributed by atoms with E-state index in [9.17, 15) is 0 Å². The molecule has 3 nitrogen and oxygen atoms in total. The Hall–Kier alpha value is -0.930. The van der Waals surface area contributed by atoms with E-state index in [1.165, 1.54) is 0 Å². The maximum Gasteiger partial charge on any atom is 0.185 e. The molecule has 0 aliphatic heterocycles. The molecule has 1 aromatic rings. The first-order valence-corrected chi connectivity index (χ1v) is 4.33. The van der Waals surface area contributed by atoms with Gasteiger partial charge in [-0.25, -0.2) is 0 Å². The summed E-state index contributed by atoms with van der Waals surface area (Å²) in [5.41, 5.74) is 4.88. The fraction of sp³-hybridized carbons (Fsp3) is 0.222. The lowest BCUT2D eigenvalue weighted by Crippen LogP contribution is -2.29. The van der Waals surface area contributed by atoms with Crippen LogP contribution in [0.4, 0.5) is 0 Å². The van der Waals surface area contributed by atoms with E-state index in [1.54, 1.807) is 0 Å². The molecule has 0 saturated heterocycles. The summed E-state index contributed by atoms with van der Waals surface area (Å²) in [4.78, 5) is 0. The summed E-state index contributed by atoms with van der Waals surface area (Å²) < 4.78 is 0. The summed E-state index contributed by atoms with van der Waals surface area (Å²) >= 11 is 5.54. The molecule has 0 unspecified atom stereocenters. The van der Waals surface area contributed by atoms with Crippen LogP contribution >= 0.6 is 24.0 Å². The molecule has 14 heavy (non-hydrogen) atoms. The van der Waals surface area contributed by atoms with Gasteiger partial charge in [0, 0.05) is 11.6 Å². The van der Waals surface area contributed by atoms with E-state index < -0.39 is 0 Å². The first-order valence-electron chi connectivity index (χ1n) is 3.95. The predicted molar refractivity (Wildman–Crippen MR) is 64.3 cm³/mol. The second-order valence-electron chi connectivity index (χ2n) is 2.24. The average molecular weight is 236 g/mol. The highest BCUT2D eigenvalue weighted by atomic mass is 35.5. The van der Waals surface area contributed by atoms with Crippen LogP contribution in [-0.2, 0) is 0 Å². The van der Waals surface area contributed by atoms with Crippen molar-refractivity contribution in [3.63, 3.8) is 0 Å². The Morgan fingerprint density at radius 1 is 1.43 bits per heavy atom. The van der Waals surface area contributed by atoms with Gasteiger partial charge in [0.1, 0.15) is 0 Å². The van der Waals surface area contributed by atoms with Crippen LogP contribution in [0.15, 0.2) is 30.3 Å². The minimum Gasteiger partial charge on any atom is -0.370 e. The van der Waals surface area contributed by atoms with Gasteiger partial charge in [-0.1, -0.05) is 29.8 Å². The molecule has 1 rings (SSSR count). The van der Waals surface area contributed by atoms with Crippen LogP contribution in [0.25, 0.3) is 0 Å². The van der Waals surface area contributed by atoms with Gasteiger partial charge in [-0.3, -0.25) is 5.41 Å². The summed E-state index contributed by atoms with van der Waals surface area (Å²) in [6, 6.07) is 9.44. The lowest BCUT2D eigenvalue weighted by molar-refractivity contribution is 0.945. The van der Waals surface area contributed by atoms with Gasteiger partial charge in [0.15, 0.2) is 5.96 Å².